The minimum absolute atomic E-state index is 0.00636. The van der Waals surface area contributed by atoms with Gasteiger partial charge in [0.2, 0.25) is 5.91 Å². The molecule has 122 valence electrons. The molecule has 1 aromatic rings. The number of ether oxygens (including phenoxy) is 2. The number of carbonyl (C=O) groups is 1. The van der Waals surface area contributed by atoms with Crippen molar-refractivity contribution in [3.8, 4) is 17.6 Å². The Morgan fingerprint density at radius 3 is 2.91 bits per heavy atom. The van der Waals surface area contributed by atoms with Gasteiger partial charge in [-0.1, -0.05) is 12.1 Å². The standard InChI is InChI=1S/C18H22N2O3/c1-2-22-16-9-5-6-14(10-11-17(21)20-13-12-19)18(16)23-15-7-3-4-8-15/h5-6,9-11,15H,2-4,7-8,13H2,1H3,(H,20,21)/b11-10-. The van der Waals surface area contributed by atoms with Crippen molar-refractivity contribution in [1.29, 1.82) is 5.26 Å². The molecule has 2 rings (SSSR count). The number of nitrogens with one attached hydrogen (secondary N) is 1. The molecule has 0 aromatic heterocycles. The number of amides is 1. The van der Waals surface area contributed by atoms with Gasteiger partial charge in [-0.3, -0.25) is 4.79 Å². The van der Waals surface area contributed by atoms with Crippen molar-refractivity contribution in [2.45, 2.75) is 38.7 Å². The molecule has 5 nitrogen and oxygen atoms in total. The summed E-state index contributed by atoms with van der Waals surface area (Å²) >= 11 is 0. The van der Waals surface area contributed by atoms with E-state index in [1.165, 1.54) is 18.9 Å². The lowest BCUT2D eigenvalue weighted by Gasteiger charge is -2.18. The van der Waals surface area contributed by atoms with Crippen LogP contribution in [0.15, 0.2) is 24.3 Å². The summed E-state index contributed by atoms with van der Waals surface area (Å²) in [4.78, 5) is 11.6. The van der Waals surface area contributed by atoms with E-state index in [9.17, 15) is 4.79 Å². The second-order valence-corrected chi connectivity index (χ2v) is 5.34. The van der Waals surface area contributed by atoms with Crippen LogP contribution < -0.4 is 14.8 Å². The first-order chi connectivity index (χ1) is 11.2. The van der Waals surface area contributed by atoms with E-state index in [4.69, 9.17) is 14.7 Å². The second kappa shape index (κ2) is 8.84. The molecule has 0 heterocycles. The van der Waals surface area contributed by atoms with Gasteiger partial charge >= 0.3 is 0 Å². The molecule has 5 heteroatoms. The average Bonchev–Trinajstić information content (AvgIpc) is 3.06. The Hall–Kier alpha value is -2.48. The zero-order chi connectivity index (χ0) is 16.5. The Labute approximate surface area is 136 Å². The Kier molecular flexibility index (Phi) is 6.49. The van der Waals surface area contributed by atoms with E-state index in [0.29, 0.717) is 18.1 Å². The molecule has 23 heavy (non-hydrogen) atoms. The molecule has 1 N–H and O–H groups in total. The first-order valence-electron chi connectivity index (χ1n) is 8.00. The van der Waals surface area contributed by atoms with Gasteiger partial charge in [0, 0.05) is 11.6 Å². The van der Waals surface area contributed by atoms with Crippen molar-refractivity contribution in [1.82, 2.24) is 5.32 Å². The van der Waals surface area contributed by atoms with Crippen LogP contribution in [0.2, 0.25) is 0 Å². The van der Waals surface area contributed by atoms with Crippen molar-refractivity contribution in [2.75, 3.05) is 13.2 Å². The van der Waals surface area contributed by atoms with Crippen molar-refractivity contribution >= 4 is 12.0 Å². The molecular weight excluding hydrogens is 292 g/mol. The van der Waals surface area contributed by atoms with Crippen molar-refractivity contribution < 1.29 is 14.3 Å². The summed E-state index contributed by atoms with van der Waals surface area (Å²) < 4.78 is 11.8. The maximum absolute atomic E-state index is 11.6. The van der Waals surface area contributed by atoms with Crippen LogP contribution in [0.4, 0.5) is 0 Å². The van der Waals surface area contributed by atoms with Gasteiger partial charge in [-0.15, -0.1) is 0 Å². The summed E-state index contributed by atoms with van der Waals surface area (Å²) in [6.07, 6.45) is 7.77. The smallest absolute Gasteiger partial charge is 0.244 e. The number of nitriles is 1. The van der Waals surface area contributed by atoms with Gasteiger partial charge in [0.15, 0.2) is 11.5 Å². The van der Waals surface area contributed by atoms with Crippen LogP contribution in [0.3, 0.4) is 0 Å². The molecule has 1 aliphatic rings. The first kappa shape index (κ1) is 16.9. The highest BCUT2D eigenvalue weighted by Crippen LogP contribution is 2.35. The summed E-state index contributed by atoms with van der Waals surface area (Å²) in [7, 11) is 0. The predicted molar refractivity (Wildman–Crippen MR) is 88.2 cm³/mol. The molecule has 0 saturated heterocycles. The van der Waals surface area contributed by atoms with E-state index in [0.717, 1.165) is 18.4 Å². The van der Waals surface area contributed by atoms with E-state index >= 15 is 0 Å². The van der Waals surface area contributed by atoms with Crippen LogP contribution in [0.5, 0.6) is 11.5 Å². The van der Waals surface area contributed by atoms with Gasteiger partial charge < -0.3 is 14.8 Å². The monoisotopic (exact) mass is 314 g/mol. The van der Waals surface area contributed by atoms with Crippen molar-refractivity contribution in [3.05, 3.63) is 29.8 Å². The van der Waals surface area contributed by atoms with E-state index in [1.54, 1.807) is 6.08 Å². The number of nitrogens with zero attached hydrogens (tertiary/aromatic N) is 1. The van der Waals surface area contributed by atoms with Crippen molar-refractivity contribution in [2.24, 2.45) is 0 Å². The highest BCUT2D eigenvalue weighted by molar-refractivity contribution is 5.92. The fourth-order valence-corrected chi connectivity index (χ4v) is 2.58. The molecule has 0 radical (unpaired) electrons. The van der Waals surface area contributed by atoms with Crippen LogP contribution in [0, 0.1) is 11.3 Å². The predicted octanol–water partition coefficient (Wildman–Crippen LogP) is 3.06. The highest BCUT2D eigenvalue weighted by atomic mass is 16.5. The molecule has 1 saturated carbocycles. The maximum atomic E-state index is 11.6. The molecule has 0 aliphatic heterocycles. The summed E-state index contributed by atoms with van der Waals surface area (Å²) in [5.74, 6) is 1.07. The number of para-hydroxylation sites is 1. The Morgan fingerprint density at radius 1 is 1.43 bits per heavy atom. The largest absolute Gasteiger partial charge is 0.490 e. The van der Waals surface area contributed by atoms with E-state index < -0.39 is 0 Å². The van der Waals surface area contributed by atoms with Gasteiger partial charge in [-0.05, 0) is 44.7 Å². The van der Waals surface area contributed by atoms with Crippen LogP contribution >= 0.6 is 0 Å². The average molecular weight is 314 g/mol. The quantitative estimate of drug-likeness (QED) is 0.620. The summed E-state index contributed by atoms with van der Waals surface area (Å²) in [6.45, 7) is 2.47. The topological polar surface area (TPSA) is 71.3 Å². The highest BCUT2D eigenvalue weighted by Gasteiger charge is 2.20. The number of hydrogen-bond donors (Lipinski definition) is 1. The number of benzene rings is 1. The molecular formula is C18H22N2O3. The minimum Gasteiger partial charge on any atom is -0.490 e. The third-order valence-corrected chi connectivity index (χ3v) is 3.65. The Morgan fingerprint density at radius 2 is 2.22 bits per heavy atom. The summed E-state index contributed by atoms with van der Waals surface area (Å²) in [5.41, 5.74) is 0.801. The lowest BCUT2D eigenvalue weighted by atomic mass is 10.1. The molecule has 0 atom stereocenters. The van der Waals surface area contributed by atoms with E-state index in [-0.39, 0.29) is 18.6 Å². The SMILES string of the molecule is CCOc1cccc(/C=C\C(=O)NCC#N)c1OC1CCCC1. The minimum atomic E-state index is -0.305. The van der Waals surface area contributed by atoms with E-state index in [2.05, 4.69) is 5.32 Å². The molecule has 1 fully saturated rings. The van der Waals surface area contributed by atoms with Crippen LogP contribution in [-0.2, 0) is 4.79 Å². The molecule has 1 aromatic carbocycles. The first-order valence-corrected chi connectivity index (χ1v) is 8.00. The van der Waals surface area contributed by atoms with Gasteiger partial charge in [0.05, 0.1) is 18.8 Å². The molecule has 1 aliphatic carbocycles. The van der Waals surface area contributed by atoms with Gasteiger partial charge in [0.1, 0.15) is 6.54 Å². The number of hydrogen-bond acceptors (Lipinski definition) is 4. The fraction of sp³-hybridized carbons (Fsp3) is 0.444. The maximum Gasteiger partial charge on any atom is 0.244 e. The molecule has 1 amide bonds. The molecule has 0 spiro atoms. The fourth-order valence-electron chi connectivity index (χ4n) is 2.58. The normalized spacial score (nSPS) is 14.6. The van der Waals surface area contributed by atoms with Crippen molar-refractivity contribution in [3.63, 3.8) is 0 Å². The van der Waals surface area contributed by atoms with E-state index in [1.807, 2.05) is 31.2 Å². The third-order valence-electron chi connectivity index (χ3n) is 3.65. The van der Waals surface area contributed by atoms with Gasteiger partial charge in [-0.25, -0.2) is 0 Å². The molecule has 0 unspecified atom stereocenters. The van der Waals surface area contributed by atoms with Crippen LogP contribution in [-0.4, -0.2) is 25.2 Å². The van der Waals surface area contributed by atoms with Crippen LogP contribution in [0.1, 0.15) is 38.2 Å². The zero-order valence-electron chi connectivity index (χ0n) is 13.4. The van der Waals surface area contributed by atoms with Crippen LogP contribution in [0.25, 0.3) is 6.08 Å². The lowest BCUT2D eigenvalue weighted by Crippen LogP contribution is -2.20. The zero-order valence-corrected chi connectivity index (χ0v) is 13.4. The number of rotatable bonds is 7. The number of carbonyl (C=O) groups excluding carboxylic acids is 1. The van der Waals surface area contributed by atoms with Gasteiger partial charge in [-0.2, -0.15) is 5.26 Å². The summed E-state index contributed by atoms with van der Waals surface area (Å²) in [6, 6.07) is 7.51. The Balaban J connectivity index is 2.19. The van der Waals surface area contributed by atoms with Gasteiger partial charge in [0.25, 0.3) is 0 Å². The lowest BCUT2D eigenvalue weighted by molar-refractivity contribution is -0.116. The summed E-state index contributed by atoms with van der Waals surface area (Å²) in [5, 5.41) is 10.9. The second-order valence-electron chi connectivity index (χ2n) is 5.34. The molecule has 0 bridgehead atoms. The Bertz CT molecular complexity index is 599. The third kappa shape index (κ3) is 5.03.